The van der Waals surface area contributed by atoms with Crippen molar-refractivity contribution in [3.8, 4) is 11.4 Å². The van der Waals surface area contributed by atoms with Crippen LogP contribution in [0.3, 0.4) is 0 Å². The Kier molecular flexibility index (Phi) is 5.42. The Hall–Kier alpha value is -3.74. The lowest BCUT2D eigenvalue weighted by Gasteiger charge is -2.06. The first kappa shape index (κ1) is 20.5. The molecule has 0 fully saturated rings. The van der Waals surface area contributed by atoms with Crippen LogP contribution in [0, 0.1) is 5.82 Å². The fourth-order valence-electron chi connectivity index (χ4n) is 2.51. The van der Waals surface area contributed by atoms with E-state index < -0.39 is 23.5 Å². The molecule has 0 unspecified atom stereocenters. The molecule has 31 heavy (non-hydrogen) atoms. The molecule has 0 atom stereocenters. The summed E-state index contributed by atoms with van der Waals surface area (Å²) in [6.45, 7) is 0.0213. The monoisotopic (exact) mass is 449 g/mol. The summed E-state index contributed by atoms with van der Waals surface area (Å²) in [7, 11) is 0. The van der Waals surface area contributed by atoms with Crippen molar-refractivity contribution in [1.29, 1.82) is 0 Å². The van der Waals surface area contributed by atoms with E-state index in [0.29, 0.717) is 10.7 Å². The molecule has 0 saturated carbocycles. The Morgan fingerprint density at radius 3 is 2.58 bits per heavy atom. The van der Waals surface area contributed by atoms with Gasteiger partial charge in [0.2, 0.25) is 10.8 Å². The molecule has 13 heteroatoms. The topological polar surface area (TPSA) is 98.5 Å². The van der Waals surface area contributed by atoms with Crippen molar-refractivity contribution in [3.05, 3.63) is 69.9 Å². The molecule has 1 amide bonds. The molecule has 8 nitrogen and oxygen atoms in total. The maximum absolute atomic E-state index is 12.9. The van der Waals surface area contributed by atoms with Crippen LogP contribution in [0.5, 0.6) is 0 Å². The van der Waals surface area contributed by atoms with Gasteiger partial charge in [0.05, 0.1) is 5.56 Å². The number of anilines is 1. The Morgan fingerprint density at radius 2 is 1.84 bits per heavy atom. The van der Waals surface area contributed by atoms with Crippen molar-refractivity contribution in [2.75, 3.05) is 5.32 Å². The van der Waals surface area contributed by atoms with Crippen molar-refractivity contribution >= 4 is 22.9 Å². The van der Waals surface area contributed by atoms with Gasteiger partial charge in [0.15, 0.2) is 0 Å². The summed E-state index contributed by atoms with van der Waals surface area (Å²) < 4.78 is 51.6. The molecular formula is C18H11F4N7OS. The van der Waals surface area contributed by atoms with Gasteiger partial charge < -0.3 is 5.32 Å². The number of carbonyl (C=O) groups is 1. The number of hydrogen-bond donors (Lipinski definition) is 1. The van der Waals surface area contributed by atoms with E-state index in [1.807, 2.05) is 0 Å². The van der Waals surface area contributed by atoms with Gasteiger partial charge in [-0.15, -0.1) is 20.4 Å². The highest BCUT2D eigenvalue weighted by molar-refractivity contribution is 7.13. The zero-order valence-electron chi connectivity index (χ0n) is 15.3. The van der Waals surface area contributed by atoms with Gasteiger partial charge in [-0.3, -0.25) is 4.79 Å². The van der Waals surface area contributed by atoms with Gasteiger partial charge >= 0.3 is 6.18 Å². The molecule has 0 bridgehead atoms. The number of tetrazole rings is 1. The third-order valence-corrected chi connectivity index (χ3v) is 4.85. The third-order valence-electron chi connectivity index (χ3n) is 3.94. The summed E-state index contributed by atoms with van der Waals surface area (Å²) in [5.74, 6) is -0.933. The highest BCUT2D eigenvalue weighted by Crippen LogP contribution is 2.31. The minimum atomic E-state index is -4.48. The molecule has 1 N–H and O–H groups in total. The predicted molar refractivity (Wildman–Crippen MR) is 102 cm³/mol. The molecule has 4 aromatic rings. The molecule has 2 aromatic carbocycles. The van der Waals surface area contributed by atoms with E-state index in [-0.39, 0.29) is 22.9 Å². The number of nitrogens with one attached hydrogen (secondary N) is 1. The Balaban J connectivity index is 1.44. The van der Waals surface area contributed by atoms with Gasteiger partial charge in [-0.1, -0.05) is 23.5 Å². The smallest absolute Gasteiger partial charge is 0.320 e. The minimum absolute atomic E-state index is 0.0184. The van der Waals surface area contributed by atoms with Gasteiger partial charge in [0.25, 0.3) is 5.91 Å². The summed E-state index contributed by atoms with van der Waals surface area (Å²) in [6, 6.07) is 9.82. The maximum atomic E-state index is 12.9. The molecule has 0 aliphatic rings. The van der Waals surface area contributed by atoms with E-state index in [1.54, 1.807) is 0 Å². The highest BCUT2D eigenvalue weighted by Gasteiger charge is 2.30. The van der Waals surface area contributed by atoms with Crippen LogP contribution in [0.4, 0.5) is 23.2 Å². The number of nitrogens with zero attached hydrogens (tertiary/aromatic N) is 6. The molecule has 2 aromatic heterocycles. The Morgan fingerprint density at radius 1 is 1.06 bits per heavy atom. The number of hydrogen-bond acceptors (Lipinski definition) is 7. The SMILES string of the molecule is O=C(Nc1ccc(F)cc1)c1nnc(Cn2nnc(-c3cccc(C(F)(F)F)c3)n2)s1. The van der Waals surface area contributed by atoms with Crippen LogP contribution in [0.15, 0.2) is 48.5 Å². The van der Waals surface area contributed by atoms with Crippen molar-refractivity contribution in [3.63, 3.8) is 0 Å². The van der Waals surface area contributed by atoms with Crippen LogP contribution in [-0.2, 0) is 12.7 Å². The van der Waals surface area contributed by atoms with Gasteiger partial charge in [0.1, 0.15) is 17.4 Å². The normalized spacial score (nSPS) is 11.5. The lowest BCUT2D eigenvalue weighted by atomic mass is 10.1. The number of alkyl halides is 3. The highest BCUT2D eigenvalue weighted by atomic mass is 32.1. The van der Waals surface area contributed by atoms with Crippen LogP contribution in [0.25, 0.3) is 11.4 Å². The largest absolute Gasteiger partial charge is 0.416 e. The van der Waals surface area contributed by atoms with Crippen LogP contribution < -0.4 is 5.32 Å². The lowest BCUT2D eigenvalue weighted by Crippen LogP contribution is -2.11. The molecule has 0 radical (unpaired) electrons. The molecule has 0 aliphatic carbocycles. The molecule has 0 aliphatic heterocycles. The number of amides is 1. The second-order valence-corrected chi connectivity index (χ2v) is 7.25. The fourth-order valence-corrected chi connectivity index (χ4v) is 3.22. The van der Waals surface area contributed by atoms with Crippen molar-refractivity contribution in [2.24, 2.45) is 0 Å². The van der Waals surface area contributed by atoms with Crippen LogP contribution >= 0.6 is 11.3 Å². The zero-order chi connectivity index (χ0) is 22.0. The molecule has 4 rings (SSSR count). The van der Waals surface area contributed by atoms with E-state index >= 15 is 0 Å². The quantitative estimate of drug-likeness (QED) is 0.467. The number of benzene rings is 2. The summed E-state index contributed by atoms with van der Waals surface area (Å²) in [4.78, 5) is 13.4. The third kappa shape index (κ3) is 4.88. The molecule has 158 valence electrons. The number of aromatic nitrogens is 6. The Bertz CT molecular complexity index is 1220. The average molecular weight is 449 g/mol. The molecule has 0 saturated heterocycles. The van der Waals surface area contributed by atoms with E-state index in [2.05, 4.69) is 30.9 Å². The first-order chi connectivity index (χ1) is 14.8. The number of halogens is 4. The van der Waals surface area contributed by atoms with Crippen LogP contribution in [0.1, 0.15) is 20.4 Å². The number of carbonyl (C=O) groups excluding carboxylic acids is 1. The molecular weight excluding hydrogens is 438 g/mol. The van der Waals surface area contributed by atoms with E-state index in [9.17, 15) is 22.4 Å². The first-order valence-corrected chi connectivity index (χ1v) is 9.44. The zero-order valence-corrected chi connectivity index (χ0v) is 16.2. The van der Waals surface area contributed by atoms with Crippen molar-refractivity contribution in [2.45, 2.75) is 12.7 Å². The summed E-state index contributed by atoms with van der Waals surface area (Å²) in [5, 5.41) is 22.3. The van der Waals surface area contributed by atoms with E-state index in [0.717, 1.165) is 28.3 Å². The van der Waals surface area contributed by atoms with Crippen molar-refractivity contribution < 1.29 is 22.4 Å². The summed E-state index contributed by atoms with van der Waals surface area (Å²) >= 11 is 0.983. The van der Waals surface area contributed by atoms with E-state index in [1.165, 1.54) is 36.4 Å². The lowest BCUT2D eigenvalue weighted by molar-refractivity contribution is -0.137. The van der Waals surface area contributed by atoms with Crippen LogP contribution in [0.2, 0.25) is 0 Å². The van der Waals surface area contributed by atoms with Gasteiger partial charge in [-0.05, 0) is 41.6 Å². The van der Waals surface area contributed by atoms with Gasteiger partial charge in [0, 0.05) is 11.3 Å². The predicted octanol–water partition coefficient (Wildman–Crippen LogP) is 3.65. The molecule has 2 heterocycles. The summed E-state index contributed by atoms with van der Waals surface area (Å²) in [6.07, 6.45) is -4.48. The average Bonchev–Trinajstić information content (AvgIpc) is 3.39. The van der Waals surface area contributed by atoms with Gasteiger partial charge in [-0.2, -0.15) is 18.0 Å². The van der Waals surface area contributed by atoms with Crippen molar-refractivity contribution in [1.82, 2.24) is 30.4 Å². The van der Waals surface area contributed by atoms with Gasteiger partial charge in [-0.25, -0.2) is 4.39 Å². The minimum Gasteiger partial charge on any atom is -0.320 e. The molecule has 0 spiro atoms. The fraction of sp³-hybridized carbons (Fsp3) is 0.111. The maximum Gasteiger partial charge on any atom is 0.416 e. The van der Waals surface area contributed by atoms with Crippen LogP contribution in [-0.4, -0.2) is 36.3 Å². The Labute approximate surface area is 175 Å². The standard InChI is InChI=1S/C18H11F4N7OS/c19-12-4-6-13(7-5-12)23-16(30)17-26-24-14(31-17)9-29-27-15(25-28-29)10-2-1-3-11(8-10)18(20,21)22/h1-8H,9H2,(H,23,30). The second kappa shape index (κ2) is 8.18. The summed E-state index contributed by atoms with van der Waals surface area (Å²) in [5.41, 5.74) is -0.258. The number of rotatable bonds is 5. The second-order valence-electron chi connectivity index (χ2n) is 6.18. The first-order valence-electron chi connectivity index (χ1n) is 8.63. The van der Waals surface area contributed by atoms with E-state index in [4.69, 9.17) is 0 Å².